The van der Waals surface area contributed by atoms with E-state index in [1.165, 1.54) is 42.4 Å². The van der Waals surface area contributed by atoms with Crippen molar-refractivity contribution in [2.75, 3.05) is 18.4 Å². The molecule has 0 aliphatic carbocycles. The van der Waals surface area contributed by atoms with Crippen molar-refractivity contribution >= 4 is 16.9 Å². The molecule has 2 atom stereocenters. The Balaban J connectivity index is 1.20. The van der Waals surface area contributed by atoms with Crippen LogP contribution in [0, 0.1) is 5.92 Å². The summed E-state index contributed by atoms with van der Waals surface area (Å²) in [4.78, 5) is 11.9. The van der Waals surface area contributed by atoms with Crippen LogP contribution in [0.2, 0.25) is 0 Å². The Hall–Kier alpha value is -3.18. The predicted octanol–water partition coefficient (Wildman–Crippen LogP) is 5.04. The van der Waals surface area contributed by atoms with E-state index in [2.05, 4.69) is 92.5 Å². The van der Waals surface area contributed by atoms with Crippen LogP contribution < -0.4 is 5.32 Å². The largest absolute Gasteiger partial charge is 0.350 e. The highest BCUT2D eigenvalue weighted by molar-refractivity contribution is 5.85. The normalized spacial score (nSPS) is 24.7. The average molecular weight is 424 g/mol. The summed E-state index contributed by atoms with van der Waals surface area (Å²) >= 11 is 0. The number of fused-ring (bicyclic) bond motifs is 4. The van der Waals surface area contributed by atoms with Crippen molar-refractivity contribution in [1.82, 2.24) is 19.4 Å². The Bertz CT molecular complexity index is 1200. The van der Waals surface area contributed by atoms with Crippen LogP contribution >= 0.6 is 0 Å². The van der Waals surface area contributed by atoms with Gasteiger partial charge in [0.1, 0.15) is 0 Å². The molecule has 7 rings (SSSR count). The minimum absolute atomic E-state index is 0.448. The molecule has 3 aliphatic rings. The molecule has 0 radical (unpaired) electrons. The lowest BCUT2D eigenvalue weighted by molar-refractivity contribution is 0.0455. The topological polar surface area (TPSA) is 46.0 Å². The number of nitrogens with zero attached hydrogens (tertiary/aromatic N) is 4. The first kappa shape index (κ1) is 19.5. The van der Waals surface area contributed by atoms with Crippen LogP contribution in [0.25, 0.3) is 22.0 Å². The second kappa shape index (κ2) is 8.06. The summed E-state index contributed by atoms with van der Waals surface area (Å²) in [5, 5.41) is 4.87. The molecule has 5 heterocycles. The summed E-state index contributed by atoms with van der Waals surface area (Å²) in [6.45, 7) is 5.68. The quantitative estimate of drug-likeness (QED) is 0.488. The zero-order chi connectivity index (χ0) is 21.5. The fourth-order valence-electron chi connectivity index (χ4n) is 5.54. The molecular weight excluding hydrogens is 394 g/mol. The van der Waals surface area contributed by atoms with Crippen LogP contribution in [0.1, 0.15) is 25.3 Å². The van der Waals surface area contributed by atoms with E-state index in [1.807, 2.05) is 12.4 Å². The smallest absolute Gasteiger partial charge is 0.222 e. The highest BCUT2D eigenvalue weighted by Crippen LogP contribution is 2.33. The van der Waals surface area contributed by atoms with E-state index < -0.39 is 0 Å². The third kappa shape index (κ3) is 3.56. The zero-order valence-electron chi connectivity index (χ0n) is 18.5. The van der Waals surface area contributed by atoms with Crippen LogP contribution in [0.3, 0.4) is 0 Å². The molecule has 3 fully saturated rings. The molecule has 3 saturated heterocycles. The van der Waals surface area contributed by atoms with E-state index in [4.69, 9.17) is 0 Å². The van der Waals surface area contributed by atoms with Crippen molar-refractivity contribution in [2.45, 2.75) is 38.4 Å². The number of rotatable bonds is 5. The van der Waals surface area contributed by atoms with Gasteiger partial charge >= 0.3 is 0 Å². The van der Waals surface area contributed by atoms with Crippen molar-refractivity contribution in [3.05, 3.63) is 78.8 Å². The van der Waals surface area contributed by atoms with Crippen molar-refractivity contribution in [2.24, 2.45) is 5.92 Å². The van der Waals surface area contributed by atoms with Crippen molar-refractivity contribution in [1.29, 1.82) is 0 Å². The number of hydrogen-bond acceptors (Lipinski definition) is 4. The third-order valence-corrected chi connectivity index (χ3v) is 7.43. The monoisotopic (exact) mass is 423 g/mol. The van der Waals surface area contributed by atoms with Gasteiger partial charge in [0.2, 0.25) is 5.95 Å². The summed E-state index contributed by atoms with van der Waals surface area (Å²) in [7, 11) is 0. The van der Waals surface area contributed by atoms with Gasteiger partial charge in [-0.15, -0.1) is 0 Å². The first-order chi connectivity index (χ1) is 15.7. The minimum atomic E-state index is 0.448. The average Bonchev–Trinajstić information content (AvgIpc) is 3.24. The predicted molar refractivity (Wildman–Crippen MR) is 130 cm³/mol. The first-order valence-electron chi connectivity index (χ1n) is 11.7. The molecule has 5 heteroatoms. The van der Waals surface area contributed by atoms with Gasteiger partial charge in [0.15, 0.2) is 0 Å². The Morgan fingerprint density at radius 3 is 2.47 bits per heavy atom. The molecule has 3 aliphatic heterocycles. The Kier molecular flexibility index (Phi) is 4.91. The van der Waals surface area contributed by atoms with Crippen LogP contribution in [-0.4, -0.2) is 44.6 Å². The Morgan fingerprint density at radius 2 is 1.72 bits per heavy atom. The van der Waals surface area contributed by atoms with Gasteiger partial charge < -0.3 is 9.88 Å². The standard InChI is InChI=1S/C27H29N5/c1-19-26(21-9-12-31(19)13-10-21)30-27-28-16-24(17-29-27)22-7-8-25-23(15-22)11-14-32(25)18-20-5-3-2-4-6-20/h2-8,11,14-17,19,21,26H,9-10,12-13,18H2,1H3,(H,28,29,30)/t19-,26-/m1/s1. The van der Waals surface area contributed by atoms with Gasteiger partial charge in [0, 0.05) is 53.7 Å². The maximum absolute atomic E-state index is 4.66. The molecular formula is C27H29N5. The van der Waals surface area contributed by atoms with E-state index >= 15 is 0 Å². The molecule has 2 bridgehead atoms. The molecule has 4 aromatic rings. The molecule has 32 heavy (non-hydrogen) atoms. The lowest BCUT2D eigenvalue weighted by Crippen LogP contribution is -2.59. The van der Waals surface area contributed by atoms with Gasteiger partial charge in [-0.05, 0) is 68.1 Å². The summed E-state index contributed by atoms with van der Waals surface area (Å²) in [6, 6.07) is 20.4. The summed E-state index contributed by atoms with van der Waals surface area (Å²) in [5.74, 6) is 1.48. The van der Waals surface area contributed by atoms with E-state index in [-0.39, 0.29) is 0 Å². The molecule has 0 amide bonds. The molecule has 1 N–H and O–H groups in total. The van der Waals surface area contributed by atoms with Gasteiger partial charge in [0.25, 0.3) is 0 Å². The minimum Gasteiger partial charge on any atom is -0.350 e. The second-order valence-electron chi connectivity index (χ2n) is 9.28. The van der Waals surface area contributed by atoms with Crippen molar-refractivity contribution < 1.29 is 0 Å². The summed E-state index contributed by atoms with van der Waals surface area (Å²) in [6.07, 6.45) is 8.63. The van der Waals surface area contributed by atoms with Crippen LogP contribution in [-0.2, 0) is 6.54 Å². The maximum atomic E-state index is 4.66. The van der Waals surface area contributed by atoms with Gasteiger partial charge in [-0.1, -0.05) is 36.4 Å². The number of nitrogens with one attached hydrogen (secondary N) is 1. The molecule has 0 unspecified atom stereocenters. The lowest BCUT2D eigenvalue weighted by atomic mass is 9.79. The Morgan fingerprint density at radius 1 is 0.938 bits per heavy atom. The molecule has 0 saturated carbocycles. The Labute approximate surface area is 189 Å². The molecule has 0 spiro atoms. The highest BCUT2D eigenvalue weighted by atomic mass is 15.2. The van der Waals surface area contributed by atoms with E-state index in [1.54, 1.807) is 0 Å². The van der Waals surface area contributed by atoms with Crippen LogP contribution in [0.15, 0.2) is 73.2 Å². The summed E-state index contributed by atoms with van der Waals surface area (Å²) in [5.41, 5.74) is 4.75. The van der Waals surface area contributed by atoms with Gasteiger partial charge in [-0.2, -0.15) is 0 Å². The number of anilines is 1. The summed E-state index contributed by atoms with van der Waals surface area (Å²) < 4.78 is 2.30. The first-order valence-corrected chi connectivity index (χ1v) is 11.7. The lowest BCUT2D eigenvalue weighted by Gasteiger charge is -2.49. The van der Waals surface area contributed by atoms with Crippen LogP contribution in [0.5, 0.6) is 0 Å². The maximum Gasteiger partial charge on any atom is 0.222 e. The molecule has 2 aromatic heterocycles. The number of aromatic nitrogens is 3. The van der Waals surface area contributed by atoms with Gasteiger partial charge in [-0.25, -0.2) is 9.97 Å². The van der Waals surface area contributed by atoms with E-state index in [9.17, 15) is 0 Å². The van der Waals surface area contributed by atoms with Gasteiger partial charge in [0.05, 0.1) is 0 Å². The molecule has 2 aromatic carbocycles. The molecule has 5 nitrogen and oxygen atoms in total. The van der Waals surface area contributed by atoms with E-state index in [0.717, 1.165) is 29.5 Å². The van der Waals surface area contributed by atoms with Gasteiger partial charge in [-0.3, -0.25) is 4.90 Å². The number of hydrogen-bond donors (Lipinski definition) is 1. The van der Waals surface area contributed by atoms with Crippen molar-refractivity contribution in [3.63, 3.8) is 0 Å². The fourth-order valence-corrected chi connectivity index (χ4v) is 5.54. The van der Waals surface area contributed by atoms with Crippen LogP contribution in [0.4, 0.5) is 5.95 Å². The SMILES string of the molecule is C[C@@H]1[C@@H](Nc2ncc(-c3ccc4c(ccn4Cc4ccccc4)c3)cn2)C2CCN1CC2. The zero-order valence-corrected chi connectivity index (χ0v) is 18.5. The number of benzene rings is 2. The number of piperidine rings is 3. The second-order valence-corrected chi connectivity index (χ2v) is 9.28. The van der Waals surface area contributed by atoms with E-state index in [0.29, 0.717) is 12.1 Å². The molecule has 162 valence electrons. The highest BCUT2D eigenvalue weighted by Gasteiger charge is 2.39. The third-order valence-electron chi connectivity index (χ3n) is 7.43. The van der Waals surface area contributed by atoms with Crippen molar-refractivity contribution in [3.8, 4) is 11.1 Å². The fraction of sp³-hybridized carbons (Fsp3) is 0.333.